The summed E-state index contributed by atoms with van der Waals surface area (Å²) in [7, 11) is 0. The van der Waals surface area contributed by atoms with E-state index in [0.717, 1.165) is 18.4 Å². The average molecular weight is 323 g/mol. The fourth-order valence-electron chi connectivity index (χ4n) is 3.10. The predicted molar refractivity (Wildman–Crippen MR) is 95.9 cm³/mol. The molecular formula is C21H25NO2. The molecule has 3 nitrogen and oxygen atoms in total. The average Bonchev–Trinajstić information content (AvgIpc) is 2.67. The van der Waals surface area contributed by atoms with Gasteiger partial charge in [-0.25, -0.2) is 0 Å². The third-order valence-corrected chi connectivity index (χ3v) is 4.65. The van der Waals surface area contributed by atoms with E-state index in [1.165, 1.54) is 11.1 Å². The van der Waals surface area contributed by atoms with Crippen LogP contribution in [0.3, 0.4) is 0 Å². The van der Waals surface area contributed by atoms with Crippen molar-refractivity contribution in [2.75, 3.05) is 19.7 Å². The molecule has 1 amide bonds. The van der Waals surface area contributed by atoms with E-state index < -0.39 is 0 Å². The Morgan fingerprint density at radius 3 is 2.50 bits per heavy atom. The minimum absolute atomic E-state index is 0.00672. The number of amides is 1. The largest absolute Gasteiger partial charge is 0.370 e. The lowest BCUT2D eigenvalue weighted by atomic mass is 10.0. The second kappa shape index (κ2) is 8.11. The molecule has 3 rings (SSSR count). The van der Waals surface area contributed by atoms with E-state index in [2.05, 4.69) is 43.3 Å². The van der Waals surface area contributed by atoms with Crippen molar-refractivity contribution < 1.29 is 9.53 Å². The van der Waals surface area contributed by atoms with E-state index in [9.17, 15) is 4.79 Å². The quantitative estimate of drug-likeness (QED) is 0.838. The first-order valence-electron chi connectivity index (χ1n) is 8.78. The van der Waals surface area contributed by atoms with Gasteiger partial charge >= 0.3 is 0 Å². The molecule has 1 fully saturated rings. The molecule has 0 N–H and O–H groups in total. The maximum absolute atomic E-state index is 12.5. The van der Waals surface area contributed by atoms with Crippen LogP contribution in [-0.4, -0.2) is 30.5 Å². The van der Waals surface area contributed by atoms with Gasteiger partial charge in [-0.15, -0.1) is 0 Å². The number of hydrogen-bond donors (Lipinski definition) is 0. The van der Waals surface area contributed by atoms with Gasteiger partial charge in [-0.3, -0.25) is 4.79 Å². The van der Waals surface area contributed by atoms with E-state index in [1.807, 2.05) is 23.1 Å². The van der Waals surface area contributed by atoms with Crippen LogP contribution in [0.1, 0.15) is 36.1 Å². The summed E-state index contributed by atoms with van der Waals surface area (Å²) in [6.07, 6.45) is 2.41. The summed E-state index contributed by atoms with van der Waals surface area (Å²) >= 11 is 0. The summed E-state index contributed by atoms with van der Waals surface area (Å²) in [5, 5.41) is 0. The minimum Gasteiger partial charge on any atom is -0.370 e. The number of carbonyl (C=O) groups is 1. The molecule has 0 radical (unpaired) electrons. The van der Waals surface area contributed by atoms with E-state index >= 15 is 0 Å². The van der Waals surface area contributed by atoms with Crippen molar-refractivity contribution in [1.29, 1.82) is 0 Å². The molecule has 1 unspecified atom stereocenters. The van der Waals surface area contributed by atoms with E-state index in [-0.39, 0.29) is 12.0 Å². The number of nitrogens with zero attached hydrogens (tertiary/aromatic N) is 1. The number of hydrogen-bond acceptors (Lipinski definition) is 2. The van der Waals surface area contributed by atoms with Crippen LogP contribution in [0.2, 0.25) is 0 Å². The van der Waals surface area contributed by atoms with Crippen LogP contribution in [0.25, 0.3) is 0 Å². The zero-order valence-corrected chi connectivity index (χ0v) is 14.3. The van der Waals surface area contributed by atoms with Crippen LogP contribution >= 0.6 is 0 Å². The molecule has 1 heterocycles. The highest BCUT2D eigenvalue weighted by Gasteiger charge is 2.24. The minimum atomic E-state index is -0.00672. The summed E-state index contributed by atoms with van der Waals surface area (Å²) in [6.45, 7) is 4.10. The third-order valence-electron chi connectivity index (χ3n) is 4.65. The van der Waals surface area contributed by atoms with Crippen molar-refractivity contribution in [2.45, 2.75) is 32.3 Å². The van der Waals surface area contributed by atoms with Crippen molar-refractivity contribution in [2.24, 2.45) is 0 Å². The maximum atomic E-state index is 12.5. The molecule has 0 bridgehead atoms. The Morgan fingerprint density at radius 2 is 1.79 bits per heavy atom. The standard InChI is InChI=1S/C21H25NO2/c1-2-17-8-10-18(11-9-17)12-13-21(23)22-14-15-24-20(16-22)19-6-4-3-5-7-19/h3-11,20H,2,12-16H2,1H3. The number of rotatable bonds is 5. The maximum Gasteiger partial charge on any atom is 0.223 e. The first kappa shape index (κ1) is 16.7. The lowest BCUT2D eigenvalue weighted by Crippen LogP contribution is -2.42. The van der Waals surface area contributed by atoms with E-state index in [1.54, 1.807) is 0 Å². The van der Waals surface area contributed by atoms with Crippen LogP contribution in [0, 0.1) is 0 Å². The van der Waals surface area contributed by atoms with E-state index in [0.29, 0.717) is 26.1 Å². The van der Waals surface area contributed by atoms with Gasteiger partial charge in [-0.1, -0.05) is 61.5 Å². The van der Waals surface area contributed by atoms with Crippen LogP contribution in [-0.2, 0) is 22.4 Å². The fraction of sp³-hybridized carbons (Fsp3) is 0.381. The topological polar surface area (TPSA) is 29.5 Å². The molecule has 3 heteroatoms. The summed E-state index contributed by atoms with van der Waals surface area (Å²) in [4.78, 5) is 14.5. The molecule has 1 aliphatic rings. The molecule has 1 atom stereocenters. The zero-order valence-electron chi connectivity index (χ0n) is 14.3. The highest BCUT2D eigenvalue weighted by Crippen LogP contribution is 2.22. The molecule has 0 aromatic heterocycles. The Morgan fingerprint density at radius 1 is 1.08 bits per heavy atom. The SMILES string of the molecule is CCc1ccc(CCC(=O)N2CCOC(c3ccccc3)C2)cc1. The van der Waals surface area contributed by atoms with Gasteiger partial charge in [0.15, 0.2) is 0 Å². The summed E-state index contributed by atoms with van der Waals surface area (Å²) in [6, 6.07) is 18.7. The second-order valence-electron chi connectivity index (χ2n) is 6.28. The van der Waals surface area contributed by atoms with Gasteiger partial charge in [0.1, 0.15) is 6.10 Å². The van der Waals surface area contributed by atoms with Crippen molar-refractivity contribution in [1.82, 2.24) is 4.90 Å². The summed E-state index contributed by atoms with van der Waals surface area (Å²) in [5.41, 5.74) is 3.71. The molecule has 126 valence electrons. The number of ether oxygens (including phenoxy) is 1. The summed E-state index contributed by atoms with van der Waals surface area (Å²) < 4.78 is 5.84. The third kappa shape index (κ3) is 4.24. The van der Waals surface area contributed by atoms with Gasteiger partial charge in [-0.05, 0) is 29.5 Å². The molecule has 0 saturated carbocycles. The van der Waals surface area contributed by atoms with Gasteiger partial charge in [0.25, 0.3) is 0 Å². The molecule has 1 saturated heterocycles. The normalized spacial score (nSPS) is 17.7. The molecule has 0 spiro atoms. The van der Waals surface area contributed by atoms with Gasteiger partial charge in [0, 0.05) is 13.0 Å². The monoisotopic (exact) mass is 323 g/mol. The molecule has 2 aromatic rings. The lowest BCUT2D eigenvalue weighted by molar-refractivity contribution is -0.139. The highest BCUT2D eigenvalue weighted by molar-refractivity contribution is 5.76. The van der Waals surface area contributed by atoms with Gasteiger partial charge < -0.3 is 9.64 Å². The lowest BCUT2D eigenvalue weighted by Gasteiger charge is -2.33. The molecule has 0 aliphatic carbocycles. The van der Waals surface area contributed by atoms with Gasteiger partial charge in [0.2, 0.25) is 5.91 Å². The van der Waals surface area contributed by atoms with Crippen LogP contribution in [0.15, 0.2) is 54.6 Å². The first-order chi connectivity index (χ1) is 11.8. The Labute approximate surface area is 144 Å². The Kier molecular flexibility index (Phi) is 5.65. The molecular weight excluding hydrogens is 298 g/mol. The number of benzene rings is 2. The van der Waals surface area contributed by atoms with Crippen molar-refractivity contribution in [3.8, 4) is 0 Å². The van der Waals surface area contributed by atoms with Crippen molar-refractivity contribution >= 4 is 5.91 Å². The Balaban J connectivity index is 1.54. The highest BCUT2D eigenvalue weighted by atomic mass is 16.5. The second-order valence-corrected chi connectivity index (χ2v) is 6.28. The smallest absolute Gasteiger partial charge is 0.223 e. The van der Waals surface area contributed by atoms with Crippen molar-refractivity contribution in [3.63, 3.8) is 0 Å². The Bertz CT molecular complexity index is 651. The van der Waals surface area contributed by atoms with Gasteiger partial charge in [0.05, 0.1) is 13.2 Å². The van der Waals surface area contributed by atoms with Crippen molar-refractivity contribution in [3.05, 3.63) is 71.3 Å². The fourth-order valence-corrected chi connectivity index (χ4v) is 3.10. The van der Waals surface area contributed by atoms with Crippen LogP contribution < -0.4 is 0 Å². The number of morpholine rings is 1. The van der Waals surface area contributed by atoms with Crippen LogP contribution in [0.5, 0.6) is 0 Å². The molecule has 24 heavy (non-hydrogen) atoms. The summed E-state index contributed by atoms with van der Waals surface area (Å²) in [5.74, 6) is 0.221. The van der Waals surface area contributed by atoms with Gasteiger partial charge in [-0.2, -0.15) is 0 Å². The van der Waals surface area contributed by atoms with Crippen LogP contribution in [0.4, 0.5) is 0 Å². The zero-order chi connectivity index (χ0) is 16.8. The molecule has 2 aromatic carbocycles. The first-order valence-corrected chi connectivity index (χ1v) is 8.78. The number of aryl methyl sites for hydroxylation is 2. The predicted octanol–water partition coefficient (Wildman–Crippen LogP) is 3.78. The molecule has 1 aliphatic heterocycles. The number of carbonyl (C=O) groups excluding carboxylic acids is 1. The van der Waals surface area contributed by atoms with E-state index in [4.69, 9.17) is 4.74 Å². The Hall–Kier alpha value is -2.13.